The van der Waals surface area contributed by atoms with E-state index in [1.54, 1.807) is 0 Å². The lowest BCUT2D eigenvalue weighted by Crippen LogP contribution is -2.35. The number of nitrogens with one attached hydrogen (secondary N) is 1. The van der Waals surface area contributed by atoms with Gasteiger partial charge >= 0.3 is 0 Å². The molecule has 25 heavy (non-hydrogen) atoms. The molecular weight excluding hydrogens is 312 g/mol. The van der Waals surface area contributed by atoms with E-state index in [9.17, 15) is 9.90 Å². The maximum absolute atomic E-state index is 11.9. The third kappa shape index (κ3) is 7.06. The number of benzene rings is 1. The summed E-state index contributed by atoms with van der Waals surface area (Å²) >= 11 is 0. The molecule has 0 saturated heterocycles. The van der Waals surface area contributed by atoms with E-state index in [2.05, 4.69) is 17.2 Å². The van der Waals surface area contributed by atoms with Crippen LogP contribution in [0.3, 0.4) is 0 Å². The van der Waals surface area contributed by atoms with Crippen LogP contribution in [0.15, 0.2) is 53.0 Å². The number of amides is 1. The predicted molar refractivity (Wildman–Crippen MR) is 106 cm³/mol. The highest BCUT2D eigenvalue weighted by Gasteiger charge is 2.14. The Bertz CT molecular complexity index is 618. The van der Waals surface area contributed by atoms with Gasteiger partial charge < -0.3 is 10.4 Å². The summed E-state index contributed by atoms with van der Waals surface area (Å²) in [7, 11) is 0. The molecular formula is C21H30N2O2. The molecule has 1 aromatic rings. The molecule has 0 radical (unpaired) electrons. The maximum atomic E-state index is 11.9. The van der Waals surface area contributed by atoms with Gasteiger partial charge in [0.15, 0.2) is 0 Å². The van der Waals surface area contributed by atoms with E-state index in [1.165, 1.54) is 0 Å². The van der Waals surface area contributed by atoms with Crippen molar-refractivity contribution in [3.63, 3.8) is 0 Å². The fourth-order valence-electron chi connectivity index (χ4n) is 2.52. The molecule has 1 aliphatic heterocycles. The lowest BCUT2D eigenvalue weighted by molar-refractivity contribution is -0.129. The lowest BCUT2D eigenvalue weighted by atomic mass is 10.1. The Hall–Kier alpha value is -2.20. The van der Waals surface area contributed by atoms with Crippen LogP contribution in [0.25, 0.3) is 5.57 Å². The van der Waals surface area contributed by atoms with Crippen LogP contribution in [-0.2, 0) is 4.79 Å². The van der Waals surface area contributed by atoms with Crippen molar-refractivity contribution in [3.8, 4) is 0 Å². The highest BCUT2D eigenvalue weighted by atomic mass is 16.3. The molecule has 1 atom stereocenters. The third-order valence-corrected chi connectivity index (χ3v) is 4.00. The van der Waals surface area contributed by atoms with Crippen molar-refractivity contribution < 1.29 is 9.90 Å². The van der Waals surface area contributed by atoms with Crippen LogP contribution in [0.5, 0.6) is 0 Å². The van der Waals surface area contributed by atoms with Crippen molar-refractivity contribution in [1.82, 2.24) is 5.32 Å². The van der Waals surface area contributed by atoms with Crippen LogP contribution in [0.1, 0.15) is 45.6 Å². The minimum atomic E-state index is -0.915. The Morgan fingerprint density at radius 3 is 2.72 bits per heavy atom. The lowest BCUT2D eigenvalue weighted by Gasteiger charge is -2.11. The minimum absolute atomic E-state index is 0. The van der Waals surface area contributed by atoms with E-state index in [4.69, 9.17) is 0 Å². The Morgan fingerprint density at radius 2 is 2.00 bits per heavy atom. The average Bonchev–Trinajstić information content (AvgIpc) is 2.86. The molecule has 0 aromatic heterocycles. The van der Waals surface area contributed by atoms with Crippen LogP contribution in [0.4, 0.5) is 0 Å². The normalized spacial score (nSPS) is 14.6. The van der Waals surface area contributed by atoms with Gasteiger partial charge in [-0.15, -0.1) is 0 Å². The minimum Gasteiger partial charge on any atom is -0.383 e. The van der Waals surface area contributed by atoms with Gasteiger partial charge in [-0.05, 0) is 23.1 Å². The van der Waals surface area contributed by atoms with Crippen molar-refractivity contribution in [2.24, 2.45) is 4.99 Å². The number of carbonyl (C=O) groups is 1. The van der Waals surface area contributed by atoms with E-state index >= 15 is 0 Å². The van der Waals surface area contributed by atoms with Crippen molar-refractivity contribution in [1.29, 1.82) is 0 Å². The summed E-state index contributed by atoms with van der Waals surface area (Å²) in [6.07, 6.45) is 8.48. The molecule has 1 aliphatic rings. The Morgan fingerprint density at radius 1 is 1.24 bits per heavy atom. The van der Waals surface area contributed by atoms with Gasteiger partial charge in [-0.2, -0.15) is 0 Å². The van der Waals surface area contributed by atoms with E-state index < -0.39 is 6.10 Å². The molecule has 1 unspecified atom stereocenters. The van der Waals surface area contributed by atoms with Crippen LogP contribution < -0.4 is 5.32 Å². The molecule has 4 nitrogen and oxygen atoms in total. The molecule has 1 amide bonds. The fraction of sp³-hybridized carbons (Fsp3) is 0.429. The summed E-state index contributed by atoms with van der Waals surface area (Å²) in [5, 5.41) is 12.6. The van der Waals surface area contributed by atoms with Crippen molar-refractivity contribution >= 4 is 17.7 Å². The number of aliphatic hydroxyl groups is 1. The number of allylic oxidation sites excluding steroid dienone is 3. The molecule has 2 rings (SSSR count). The van der Waals surface area contributed by atoms with Gasteiger partial charge in [-0.25, -0.2) is 0 Å². The number of unbranched alkanes of at least 4 members (excludes halogenated alkanes) is 2. The van der Waals surface area contributed by atoms with Gasteiger partial charge in [0, 0.05) is 12.8 Å². The van der Waals surface area contributed by atoms with Gasteiger partial charge in [-0.1, -0.05) is 76.1 Å². The summed E-state index contributed by atoms with van der Waals surface area (Å²) in [4.78, 5) is 16.3. The molecule has 0 spiro atoms. The monoisotopic (exact) mass is 342 g/mol. The van der Waals surface area contributed by atoms with Crippen LogP contribution >= 0.6 is 0 Å². The van der Waals surface area contributed by atoms with Gasteiger partial charge in [0.25, 0.3) is 0 Å². The van der Waals surface area contributed by atoms with Crippen molar-refractivity contribution in [2.45, 2.75) is 46.1 Å². The topological polar surface area (TPSA) is 61.7 Å². The Labute approximate surface area is 151 Å². The van der Waals surface area contributed by atoms with Crippen molar-refractivity contribution in [3.05, 3.63) is 53.6 Å². The molecule has 136 valence electrons. The first-order valence-corrected chi connectivity index (χ1v) is 8.61. The number of rotatable bonds is 8. The van der Waals surface area contributed by atoms with Gasteiger partial charge in [0.2, 0.25) is 5.91 Å². The van der Waals surface area contributed by atoms with Gasteiger partial charge in [-0.3, -0.25) is 9.79 Å². The largest absolute Gasteiger partial charge is 0.383 e. The summed E-state index contributed by atoms with van der Waals surface area (Å²) in [6.45, 7) is 3.07. The second-order valence-electron chi connectivity index (χ2n) is 6.01. The van der Waals surface area contributed by atoms with E-state index in [1.807, 2.05) is 48.7 Å². The molecule has 0 saturated carbocycles. The Balaban J connectivity index is 0.00000312. The highest BCUT2D eigenvalue weighted by Crippen LogP contribution is 2.15. The van der Waals surface area contributed by atoms with Crippen LogP contribution in [0.2, 0.25) is 0 Å². The smallest absolute Gasteiger partial charge is 0.249 e. The quantitative estimate of drug-likeness (QED) is 0.706. The summed E-state index contributed by atoms with van der Waals surface area (Å²) in [6, 6.07) is 10.1. The number of aliphatic hydroxyl groups excluding tert-OH is 1. The zero-order valence-corrected chi connectivity index (χ0v) is 14.2. The summed E-state index contributed by atoms with van der Waals surface area (Å²) < 4.78 is 0. The molecule has 1 heterocycles. The highest BCUT2D eigenvalue weighted by molar-refractivity contribution is 6.10. The second kappa shape index (κ2) is 11.4. The summed E-state index contributed by atoms with van der Waals surface area (Å²) in [5.74, 6) is -0.299. The predicted octanol–water partition coefficient (Wildman–Crippen LogP) is 3.77. The van der Waals surface area contributed by atoms with Crippen LogP contribution in [0, 0.1) is 0 Å². The number of nitrogens with zero attached hydrogens (tertiary/aromatic N) is 1. The average molecular weight is 342 g/mol. The van der Waals surface area contributed by atoms with E-state index in [0.29, 0.717) is 19.5 Å². The number of carbonyl (C=O) groups excluding carboxylic acids is 1. The molecule has 0 fully saturated rings. The van der Waals surface area contributed by atoms with Crippen molar-refractivity contribution in [2.75, 3.05) is 13.1 Å². The second-order valence-corrected chi connectivity index (χ2v) is 6.01. The zero-order valence-electron chi connectivity index (χ0n) is 14.2. The molecule has 1 aromatic carbocycles. The third-order valence-electron chi connectivity index (χ3n) is 4.00. The van der Waals surface area contributed by atoms with E-state index in [-0.39, 0.29) is 13.3 Å². The first-order valence-electron chi connectivity index (χ1n) is 8.61. The van der Waals surface area contributed by atoms with Gasteiger partial charge in [0.05, 0.1) is 6.54 Å². The summed E-state index contributed by atoms with van der Waals surface area (Å²) in [5.41, 5.74) is 3.19. The van der Waals surface area contributed by atoms with Crippen LogP contribution in [-0.4, -0.2) is 36.4 Å². The number of aliphatic imine (C=N–C) groups is 1. The number of hydrogen-bond donors (Lipinski definition) is 2. The zero-order chi connectivity index (χ0) is 17.2. The molecule has 4 heteroatoms. The molecule has 2 N–H and O–H groups in total. The fourth-order valence-corrected chi connectivity index (χ4v) is 2.52. The first kappa shape index (κ1) is 20.8. The van der Waals surface area contributed by atoms with Gasteiger partial charge in [0.1, 0.15) is 6.10 Å². The number of hydrogen-bond acceptors (Lipinski definition) is 3. The Kier molecular flexibility index (Phi) is 9.48. The first-order chi connectivity index (χ1) is 11.7. The molecule has 0 aliphatic carbocycles. The maximum Gasteiger partial charge on any atom is 0.249 e. The SMILES string of the molecule is C.CCCCCC(O)C(=O)NCC1=CC=C(c2ccccc2)C=NC1. The van der Waals surface area contributed by atoms with E-state index in [0.717, 1.165) is 36.0 Å². The standard InChI is InChI=1S/C20H26N2O2.CH4/c1-2-3-5-10-19(23)20(24)22-14-16-11-12-18(15-21-13-16)17-8-6-4-7-9-17;/h4,6-9,11-12,15,19,23H,2-3,5,10,13-14H2,1H3,(H,22,24);1H4. The molecule has 0 bridgehead atoms.